The SMILES string of the molecule is CCN(C)C(=O)Cc1cccc(-n2nc(C(F)(F)F)c3c2CCCC3)c1. The maximum Gasteiger partial charge on any atom is 0.435 e. The monoisotopic (exact) mass is 365 g/mol. The number of hydrogen-bond donors (Lipinski definition) is 0. The fraction of sp³-hybridized carbons (Fsp3) is 0.474. The van der Waals surface area contributed by atoms with E-state index < -0.39 is 11.9 Å². The molecule has 0 atom stereocenters. The Hall–Kier alpha value is -2.31. The van der Waals surface area contributed by atoms with Gasteiger partial charge in [0.15, 0.2) is 5.69 Å². The van der Waals surface area contributed by atoms with Gasteiger partial charge < -0.3 is 4.90 Å². The van der Waals surface area contributed by atoms with Gasteiger partial charge in [0.1, 0.15) is 0 Å². The fourth-order valence-corrected chi connectivity index (χ4v) is 3.32. The lowest BCUT2D eigenvalue weighted by atomic mass is 9.95. The average Bonchev–Trinajstić information content (AvgIpc) is 3.01. The highest BCUT2D eigenvalue weighted by molar-refractivity contribution is 5.78. The molecule has 26 heavy (non-hydrogen) atoms. The third kappa shape index (κ3) is 3.61. The number of likely N-dealkylation sites (N-methyl/N-ethyl adjacent to an activating group) is 1. The number of amides is 1. The van der Waals surface area contributed by atoms with E-state index in [4.69, 9.17) is 0 Å². The van der Waals surface area contributed by atoms with E-state index in [-0.39, 0.29) is 12.3 Å². The molecule has 140 valence electrons. The molecule has 0 fully saturated rings. The number of alkyl halides is 3. The van der Waals surface area contributed by atoms with Gasteiger partial charge in [-0.15, -0.1) is 0 Å². The standard InChI is InChI=1S/C19H22F3N3O/c1-3-24(2)17(26)12-13-7-6-8-14(11-13)25-16-10-5-4-9-15(16)18(23-25)19(20,21)22/h6-8,11H,3-5,9-10,12H2,1-2H3. The Kier molecular flexibility index (Phi) is 5.07. The molecule has 2 aromatic rings. The van der Waals surface area contributed by atoms with Crippen molar-refractivity contribution in [3.8, 4) is 5.69 Å². The highest BCUT2D eigenvalue weighted by Gasteiger charge is 2.39. The zero-order valence-electron chi connectivity index (χ0n) is 14.9. The first-order chi connectivity index (χ1) is 12.3. The molecule has 0 saturated carbocycles. The van der Waals surface area contributed by atoms with Crippen LogP contribution in [0.3, 0.4) is 0 Å². The lowest BCUT2D eigenvalue weighted by Gasteiger charge is -2.16. The van der Waals surface area contributed by atoms with Gasteiger partial charge in [-0.05, 0) is 50.3 Å². The minimum Gasteiger partial charge on any atom is -0.346 e. The Bertz CT molecular complexity index is 811. The van der Waals surface area contributed by atoms with Crippen LogP contribution in [-0.4, -0.2) is 34.2 Å². The van der Waals surface area contributed by atoms with Crippen LogP contribution in [0.1, 0.15) is 42.3 Å². The summed E-state index contributed by atoms with van der Waals surface area (Å²) in [7, 11) is 1.73. The number of hydrogen-bond acceptors (Lipinski definition) is 2. The van der Waals surface area contributed by atoms with Crippen molar-refractivity contribution in [3.05, 3.63) is 46.8 Å². The van der Waals surface area contributed by atoms with Crippen LogP contribution in [0.25, 0.3) is 5.69 Å². The van der Waals surface area contributed by atoms with Gasteiger partial charge in [-0.1, -0.05) is 12.1 Å². The van der Waals surface area contributed by atoms with Gasteiger partial charge in [0.05, 0.1) is 12.1 Å². The summed E-state index contributed by atoms with van der Waals surface area (Å²) in [6.45, 7) is 2.50. The van der Waals surface area contributed by atoms with Gasteiger partial charge in [0.2, 0.25) is 5.91 Å². The third-order valence-corrected chi connectivity index (χ3v) is 4.86. The van der Waals surface area contributed by atoms with Crippen LogP contribution in [0.5, 0.6) is 0 Å². The van der Waals surface area contributed by atoms with E-state index in [0.29, 0.717) is 36.3 Å². The number of rotatable bonds is 4. The minimum absolute atomic E-state index is 0.0249. The molecule has 1 aromatic heterocycles. The summed E-state index contributed by atoms with van der Waals surface area (Å²) >= 11 is 0. The molecule has 1 aliphatic rings. The molecular weight excluding hydrogens is 343 g/mol. The number of aromatic nitrogens is 2. The van der Waals surface area contributed by atoms with Crippen molar-refractivity contribution < 1.29 is 18.0 Å². The van der Waals surface area contributed by atoms with Gasteiger partial charge >= 0.3 is 6.18 Å². The zero-order valence-corrected chi connectivity index (χ0v) is 14.9. The molecule has 3 rings (SSSR count). The van der Waals surface area contributed by atoms with Crippen LogP contribution in [-0.2, 0) is 30.2 Å². The second-order valence-electron chi connectivity index (χ2n) is 6.65. The highest BCUT2D eigenvalue weighted by Crippen LogP contribution is 2.36. The largest absolute Gasteiger partial charge is 0.435 e. The Morgan fingerprint density at radius 3 is 2.69 bits per heavy atom. The van der Waals surface area contributed by atoms with E-state index in [0.717, 1.165) is 18.4 Å². The van der Waals surface area contributed by atoms with E-state index in [1.807, 2.05) is 13.0 Å². The van der Waals surface area contributed by atoms with Gasteiger partial charge in [-0.2, -0.15) is 18.3 Å². The first kappa shape index (κ1) is 18.5. The molecule has 0 bridgehead atoms. The molecular formula is C19H22F3N3O. The van der Waals surface area contributed by atoms with Gasteiger partial charge in [0, 0.05) is 24.8 Å². The van der Waals surface area contributed by atoms with Crippen molar-refractivity contribution in [2.75, 3.05) is 13.6 Å². The molecule has 0 spiro atoms. The van der Waals surface area contributed by atoms with Crippen LogP contribution >= 0.6 is 0 Å². The minimum atomic E-state index is -4.45. The molecule has 1 aromatic carbocycles. The first-order valence-electron chi connectivity index (χ1n) is 8.82. The van der Waals surface area contributed by atoms with Gasteiger partial charge in [-0.25, -0.2) is 4.68 Å². The maximum absolute atomic E-state index is 13.4. The topological polar surface area (TPSA) is 38.1 Å². The molecule has 7 heteroatoms. The zero-order chi connectivity index (χ0) is 18.9. The Morgan fingerprint density at radius 1 is 1.27 bits per heavy atom. The second-order valence-corrected chi connectivity index (χ2v) is 6.65. The second kappa shape index (κ2) is 7.13. The Labute approximate surface area is 150 Å². The summed E-state index contributed by atoms with van der Waals surface area (Å²) in [5.41, 5.74) is 1.51. The fourth-order valence-electron chi connectivity index (χ4n) is 3.32. The third-order valence-electron chi connectivity index (χ3n) is 4.86. The Balaban J connectivity index is 1.98. The number of fused-ring (bicyclic) bond motifs is 1. The van der Waals surface area contributed by atoms with Crippen molar-refractivity contribution in [2.45, 2.75) is 45.2 Å². The predicted molar refractivity (Wildman–Crippen MR) is 92.2 cm³/mol. The number of benzene rings is 1. The van der Waals surface area contributed by atoms with Crippen molar-refractivity contribution in [1.29, 1.82) is 0 Å². The predicted octanol–water partition coefficient (Wildman–Crippen LogP) is 3.79. The Morgan fingerprint density at radius 2 is 2.00 bits per heavy atom. The molecule has 0 saturated heterocycles. The van der Waals surface area contributed by atoms with Crippen molar-refractivity contribution in [3.63, 3.8) is 0 Å². The van der Waals surface area contributed by atoms with Crippen molar-refractivity contribution in [2.24, 2.45) is 0 Å². The van der Waals surface area contributed by atoms with Crippen LogP contribution in [0.2, 0.25) is 0 Å². The normalized spacial score (nSPS) is 14.2. The van der Waals surface area contributed by atoms with E-state index >= 15 is 0 Å². The number of carbonyl (C=O) groups is 1. The first-order valence-corrected chi connectivity index (χ1v) is 8.82. The van der Waals surface area contributed by atoms with E-state index in [9.17, 15) is 18.0 Å². The van der Waals surface area contributed by atoms with Crippen LogP contribution in [0, 0.1) is 0 Å². The summed E-state index contributed by atoms with van der Waals surface area (Å²) in [5, 5.41) is 3.90. The van der Waals surface area contributed by atoms with Crippen LogP contribution in [0.15, 0.2) is 24.3 Å². The number of halogens is 3. The van der Waals surface area contributed by atoms with Crippen LogP contribution < -0.4 is 0 Å². The molecule has 1 amide bonds. The van der Waals surface area contributed by atoms with Crippen molar-refractivity contribution in [1.82, 2.24) is 14.7 Å². The summed E-state index contributed by atoms with van der Waals surface area (Å²) in [6, 6.07) is 7.06. The lowest BCUT2D eigenvalue weighted by molar-refractivity contribution is -0.142. The maximum atomic E-state index is 13.4. The molecule has 0 radical (unpaired) electrons. The molecule has 0 N–H and O–H groups in total. The molecule has 1 heterocycles. The average molecular weight is 365 g/mol. The summed E-state index contributed by atoms with van der Waals surface area (Å²) in [4.78, 5) is 13.7. The molecule has 1 aliphatic carbocycles. The molecule has 0 aliphatic heterocycles. The summed E-state index contributed by atoms with van der Waals surface area (Å²) in [6.07, 6.45) is -1.64. The summed E-state index contributed by atoms with van der Waals surface area (Å²) in [5.74, 6) is -0.0249. The number of nitrogens with zero attached hydrogens (tertiary/aromatic N) is 3. The molecule has 0 unspecified atom stereocenters. The number of carbonyl (C=O) groups excluding carboxylic acids is 1. The quantitative estimate of drug-likeness (QED) is 0.827. The van der Waals surface area contributed by atoms with E-state index in [1.54, 1.807) is 30.1 Å². The van der Waals surface area contributed by atoms with Gasteiger partial charge in [0.25, 0.3) is 0 Å². The highest BCUT2D eigenvalue weighted by atomic mass is 19.4. The smallest absolute Gasteiger partial charge is 0.346 e. The summed E-state index contributed by atoms with van der Waals surface area (Å²) < 4.78 is 41.5. The van der Waals surface area contributed by atoms with Gasteiger partial charge in [-0.3, -0.25) is 4.79 Å². The lowest BCUT2D eigenvalue weighted by Crippen LogP contribution is -2.27. The van der Waals surface area contributed by atoms with Crippen molar-refractivity contribution >= 4 is 5.91 Å². The van der Waals surface area contributed by atoms with E-state index in [1.165, 1.54) is 4.68 Å². The van der Waals surface area contributed by atoms with E-state index in [2.05, 4.69) is 5.10 Å². The van der Waals surface area contributed by atoms with Crippen LogP contribution in [0.4, 0.5) is 13.2 Å². The molecule has 4 nitrogen and oxygen atoms in total.